The first-order valence-electron chi connectivity index (χ1n) is 5.98. The second-order valence-corrected chi connectivity index (χ2v) is 5.19. The Kier molecular flexibility index (Phi) is 10.2. The van der Waals surface area contributed by atoms with E-state index in [4.69, 9.17) is 5.11 Å². The van der Waals surface area contributed by atoms with Gasteiger partial charge in [-0.15, -0.1) is 6.58 Å². The average Bonchev–Trinajstić information content (AvgIpc) is 2.33. The van der Waals surface area contributed by atoms with Crippen LogP contribution in [0.25, 0.3) is 0 Å². The quantitative estimate of drug-likeness (QED) is 0.418. The van der Waals surface area contributed by atoms with Gasteiger partial charge in [-0.1, -0.05) is 13.0 Å². The van der Waals surface area contributed by atoms with Gasteiger partial charge in [0.15, 0.2) is 0 Å². The summed E-state index contributed by atoms with van der Waals surface area (Å²) in [4.78, 5) is 21.7. The highest BCUT2D eigenvalue weighted by molar-refractivity contribution is 7.99. The van der Waals surface area contributed by atoms with Crippen LogP contribution in [0.15, 0.2) is 12.7 Å². The van der Waals surface area contributed by atoms with E-state index >= 15 is 0 Å². The molecule has 0 rings (SSSR count). The lowest BCUT2D eigenvalue weighted by Crippen LogP contribution is -2.38. The van der Waals surface area contributed by atoms with E-state index in [1.165, 1.54) is 0 Å². The van der Waals surface area contributed by atoms with Crippen LogP contribution in [0.2, 0.25) is 0 Å². The minimum absolute atomic E-state index is 0.142. The van der Waals surface area contributed by atoms with Crippen molar-refractivity contribution in [3.05, 3.63) is 12.7 Å². The van der Waals surface area contributed by atoms with Gasteiger partial charge in [-0.2, -0.15) is 11.8 Å². The number of carbonyl (C=O) groups excluding carboxylic acids is 1. The highest BCUT2D eigenvalue weighted by atomic mass is 32.2. The van der Waals surface area contributed by atoms with E-state index in [0.717, 1.165) is 11.5 Å². The number of aliphatic carboxylic acids is 1. The Morgan fingerprint density at radius 2 is 2.17 bits per heavy atom. The Morgan fingerprint density at radius 1 is 1.44 bits per heavy atom. The molecule has 18 heavy (non-hydrogen) atoms. The zero-order valence-electron chi connectivity index (χ0n) is 10.8. The number of carboxylic acid groups (broad SMARTS) is 1. The molecular formula is C12H22N2O3S. The molecular weight excluding hydrogens is 252 g/mol. The van der Waals surface area contributed by atoms with Gasteiger partial charge in [0, 0.05) is 31.0 Å². The zero-order chi connectivity index (χ0) is 13.8. The van der Waals surface area contributed by atoms with Gasteiger partial charge >= 0.3 is 12.0 Å². The minimum Gasteiger partial charge on any atom is -0.481 e. The molecule has 1 unspecified atom stereocenters. The number of amides is 2. The number of carbonyl (C=O) groups is 2. The maximum atomic E-state index is 11.4. The molecule has 0 aromatic carbocycles. The van der Waals surface area contributed by atoms with Gasteiger partial charge in [0.1, 0.15) is 0 Å². The largest absolute Gasteiger partial charge is 0.481 e. The van der Waals surface area contributed by atoms with Crippen molar-refractivity contribution in [1.82, 2.24) is 10.6 Å². The highest BCUT2D eigenvalue weighted by Gasteiger charge is 2.07. The Morgan fingerprint density at radius 3 is 2.78 bits per heavy atom. The third kappa shape index (κ3) is 11.3. The van der Waals surface area contributed by atoms with Crippen molar-refractivity contribution in [2.75, 3.05) is 24.6 Å². The lowest BCUT2D eigenvalue weighted by atomic mass is 10.1. The molecule has 6 heteroatoms. The Balaban J connectivity index is 3.45. The van der Waals surface area contributed by atoms with E-state index in [0.29, 0.717) is 19.5 Å². The monoisotopic (exact) mass is 274 g/mol. The summed E-state index contributed by atoms with van der Waals surface area (Å²) >= 11 is 1.71. The van der Waals surface area contributed by atoms with Crippen molar-refractivity contribution in [2.24, 2.45) is 5.92 Å². The first kappa shape index (κ1) is 16.8. The summed E-state index contributed by atoms with van der Waals surface area (Å²) in [7, 11) is 0. The Bertz CT molecular complexity index is 272. The predicted molar refractivity (Wildman–Crippen MR) is 75.0 cm³/mol. The van der Waals surface area contributed by atoms with E-state index in [1.807, 2.05) is 13.0 Å². The van der Waals surface area contributed by atoms with E-state index in [1.54, 1.807) is 11.8 Å². The molecule has 1 atom stereocenters. The average molecular weight is 274 g/mol. The van der Waals surface area contributed by atoms with Gasteiger partial charge in [-0.3, -0.25) is 4.79 Å². The normalized spacial score (nSPS) is 11.6. The first-order valence-corrected chi connectivity index (χ1v) is 7.13. The van der Waals surface area contributed by atoms with Crippen molar-refractivity contribution < 1.29 is 14.7 Å². The maximum Gasteiger partial charge on any atom is 0.314 e. The fourth-order valence-corrected chi connectivity index (χ4v) is 1.78. The lowest BCUT2D eigenvalue weighted by Gasteiger charge is -2.12. The summed E-state index contributed by atoms with van der Waals surface area (Å²) in [5.41, 5.74) is 0. The summed E-state index contributed by atoms with van der Waals surface area (Å²) in [6.07, 6.45) is 2.54. The Labute approximate surface area is 112 Å². The molecule has 0 bridgehead atoms. The molecule has 0 aliphatic rings. The molecule has 2 amide bonds. The van der Waals surface area contributed by atoms with Crippen LogP contribution in [0.1, 0.15) is 19.8 Å². The van der Waals surface area contributed by atoms with E-state index in [2.05, 4.69) is 17.2 Å². The topological polar surface area (TPSA) is 78.4 Å². The minimum atomic E-state index is -0.800. The molecule has 0 saturated heterocycles. The molecule has 0 aromatic heterocycles. The standard InChI is InChI=1S/C12H22N2O3S/c1-3-7-18-8-6-13-12(17)14-9-10(2)4-5-11(15)16/h3,10H,1,4-9H2,2H3,(H,15,16)(H2,13,14,17). The summed E-state index contributed by atoms with van der Waals surface area (Å²) < 4.78 is 0. The molecule has 0 fully saturated rings. The molecule has 0 spiro atoms. The molecule has 104 valence electrons. The second-order valence-electron chi connectivity index (χ2n) is 4.04. The number of nitrogens with one attached hydrogen (secondary N) is 2. The third-order valence-electron chi connectivity index (χ3n) is 2.23. The van der Waals surface area contributed by atoms with Crippen LogP contribution in [0.3, 0.4) is 0 Å². The van der Waals surface area contributed by atoms with Crippen LogP contribution in [0, 0.1) is 5.92 Å². The number of rotatable bonds is 10. The first-order chi connectivity index (χ1) is 8.56. The van der Waals surface area contributed by atoms with Gasteiger partial charge in [-0.25, -0.2) is 4.79 Å². The van der Waals surface area contributed by atoms with Crippen LogP contribution < -0.4 is 10.6 Å². The van der Waals surface area contributed by atoms with Crippen molar-refractivity contribution >= 4 is 23.8 Å². The fraction of sp³-hybridized carbons (Fsp3) is 0.667. The molecule has 5 nitrogen and oxygen atoms in total. The number of urea groups is 1. The summed E-state index contributed by atoms with van der Waals surface area (Å²) in [6, 6.07) is -0.198. The zero-order valence-corrected chi connectivity index (χ0v) is 11.6. The number of thioether (sulfide) groups is 1. The molecule has 0 aliphatic heterocycles. The van der Waals surface area contributed by atoms with E-state index in [9.17, 15) is 9.59 Å². The van der Waals surface area contributed by atoms with Crippen molar-refractivity contribution in [2.45, 2.75) is 19.8 Å². The SMILES string of the molecule is C=CCSCCNC(=O)NCC(C)CCC(=O)O. The fourth-order valence-electron chi connectivity index (χ4n) is 1.20. The van der Waals surface area contributed by atoms with Crippen LogP contribution in [0.5, 0.6) is 0 Å². The second kappa shape index (κ2) is 11.0. The predicted octanol–water partition coefficient (Wildman–Crippen LogP) is 1.71. The van der Waals surface area contributed by atoms with Gasteiger partial charge < -0.3 is 15.7 Å². The van der Waals surface area contributed by atoms with Gasteiger partial charge in [0.25, 0.3) is 0 Å². The lowest BCUT2D eigenvalue weighted by molar-refractivity contribution is -0.137. The van der Waals surface area contributed by atoms with Crippen LogP contribution >= 0.6 is 11.8 Å². The van der Waals surface area contributed by atoms with Gasteiger partial charge in [0.2, 0.25) is 0 Å². The Hall–Kier alpha value is -1.17. The summed E-state index contributed by atoms with van der Waals surface area (Å²) in [5.74, 6) is 1.11. The summed E-state index contributed by atoms with van der Waals surface area (Å²) in [6.45, 7) is 6.65. The highest BCUT2D eigenvalue weighted by Crippen LogP contribution is 2.03. The molecule has 0 aliphatic carbocycles. The van der Waals surface area contributed by atoms with Crippen molar-refractivity contribution in [1.29, 1.82) is 0 Å². The third-order valence-corrected chi connectivity index (χ3v) is 3.19. The summed E-state index contributed by atoms with van der Waals surface area (Å²) in [5, 5.41) is 14.0. The van der Waals surface area contributed by atoms with Gasteiger partial charge in [0.05, 0.1) is 0 Å². The number of carboxylic acids is 1. The number of hydrogen-bond donors (Lipinski definition) is 3. The van der Waals surface area contributed by atoms with Crippen LogP contribution in [0.4, 0.5) is 4.79 Å². The van der Waals surface area contributed by atoms with Crippen molar-refractivity contribution in [3.63, 3.8) is 0 Å². The number of hydrogen-bond acceptors (Lipinski definition) is 3. The van der Waals surface area contributed by atoms with Crippen molar-refractivity contribution in [3.8, 4) is 0 Å². The van der Waals surface area contributed by atoms with Crippen LogP contribution in [-0.2, 0) is 4.79 Å². The molecule has 0 heterocycles. The molecule has 0 radical (unpaired) electrons. The molecule has 3 N–H and O–H groups in total. The van der Waals surface area contributed by atoms with E-state index < -0.39 is 5.97 Å². The van der Waals surface area contributed by atoms with Crippen LogP contribution in [-0.4, -0.2) is 41.7 Å². The van der Waals surface area contributed by atoms with E-state index in [-0.39, 0.29) is 18.4 Å². The maximum absolute atomic E-state index is 11.4. The molecule has 0 aromatic rings. The molecule has 0 saturated carbocycles. The smallest absolute Gasteiger partial charge is 0.314 e. The van der Waals surface area contributed by atoms with Gasteiger partial charge in [-0.05, 0) is 12.3 Å².